The third-order valence-corrected chi connectivity index (χ3v) is 0. The van der Waals surface area contributed by atoms with Crippen molar-refractivity contribution in [3.05, 3.63) is 0 Å². The second kappa shape index (κ2) is 1.87. The third-order valence-electron chi connectivity index (χ3n) is 0. The number of hydrogen-bond donors (Lipinski definition) is 1. The summed E-state index contributed by atoms with van der Waals surface area (Å²) in [4.78, 5) is 8.43. The fourth-order valence-electron chi connectivity index (χ4n) is 0. The second-order valence-corrected chi connectivity index (χ2v) is 12.1. The van der Waals surface area contributed by atoms with Crippen molar-refractivity contribution in [2.24, 2.45) is 0 Å². The van der Waals surface area contributed by atoms with Gasteiger partial charge in [0.25, 0.3) is 0 Å². The molecule has 0 spiro atoms. The molecule has 0 saturated heterocycles. The molecule has 0 saturated carbocycles. The van der Waals surface area contributed by atoms with Gasteiger partial charge in [-0.15, -0.1) is 0 Å². The lowest BCUT2D eigenvalue weighted by Crippen LogP contribution is -1.49. The fourth-order valence-corrected chi connectivity index (χ4v) is 0. The molecule has 0 aliphatic rings. The van der Waals surface area contributed by atoms with Crippen LogP contribution in [0.15, 0.2) is 0 Å². The third kappa shape index (κ3) is 33.2. The largest absolute Gasteiger partial charge is 0.358 e. The van der Waals surface area contributed by atoms with Gasteiger partial charge in [-0.1, -0.05) is 11.8 Å². The molecule has 1 unspecified atom stereocenters. The van der Waals surface area contributed by atoms with E-state index < -0.39 is 3.91 Å². The highest BCUT2D eigenvalue weighted by atomic mass is 127. The van der Waals surface area contributed by atoms with Crippen molar-refractivity contribution in [1.82, 2.24) is 0 Å². The zero-order chi connectivity index (χ0) is 4.50. The summed E-state index contributed by atoms with van der Waals surface area (Å²) in [5.41, 5.74) is 0. The molecule has 0 aromatic heterocycles. The molecule has 0 aliphatic heterocycles. The van der Waals surface area contributed by atoms with Crippen LogP contribution in [0.2, 0.25) is 0 Å². The zero-order valence-electron chi connectivity index (χ0n) is 2.68. The van der Waals surface area contributed by atoms with Gasteiger partial charge < -0.3 is 4.89 Å². The molecule has 0 amide bonds. The standard InChI is InChI=1S/CH4IOPS/c1-4(2,3)5/h1H3,(H,3,5). The predicted octanol–water partition coefficient (Wildman–Crippen LogP) is 1.35. The van der Waals surface area contributed by atoms with Crippen molar-refractivity contribution >= 4 is 37.8 Å². The number of halogens is 1. The topological polar surface area (TPSA) is 20.2 Å². The summed E-state index contributed by atoms with van der Waals surface area (Å²) in [6.45, 7) is 1.66. The molecular formula is CH4IOPS. The monoisotopic (exact) mass is 222 g/mol. The Morgan fingerprint density at radius 3 is 2.00 bits per heavy atom. The van der Waals surface area contributed by atoms with E-state index in [1.165, 1.54) is 0 Å². The molecule has 0 rings (SSSR count). The Morgan fingerprint density at radius 1 is 2.00 bits per heavy atom. The highest BCUT2D eigenvalue weighted by Gasteiger charge is 1.88. The van der Waals surface area contributed by atoms with Gasteiger partial charge in [0.05, 0.1) is 0 Å². The molecular weight excluding hydrogens is 218 g/mol. The van der Waals surface area contributed by atoms with Crippen LogP contribution in [0.1, 0.15) is 0 Å². The van der Waals surface area contributed by atoms with Crippen molar-refractivity contribution in [3.8, 4) is 0 Å². The van der Waals surface area contributed by atoms with E-state index in [0.29, 0.717) is 0 Å². The van der Waals surface area contributed by atoms with Crippen LogP contribution >= 0.6 is 25.9 Å². The van der Waals surface area contributed by atoms with Crippen molar-refractivity contribution in [2.75, 3.05) is 6.66 Å². The molecule has 5 heavy (non-hydrogen) atoms. The maximum atomic E-state index is 8.43. The predicted molar refractivity (Wildman–Crippen MR) is 36.4 cm³/mol. The van der Waals surface area contributed by atoms with Crippen LogP contribution in [0.25, 0.3) is 0 Å². The van der Waals surface area contributed by atoms with Crippen LogP contribution in [0.3, 0.4) is 0 Å². The molecule has 0 bridgehead atoms. The number of hydrogen-bond acceptors (Lipinski definition) is 1. The Hall–Kier alpha value is 1.34. The van der Waals surface area contributed by atoms with E-state index in [4.69, 9.17) is 4.89 Å². The van der Waals surface area contributed by atoms with E-state index in [0.717, 1.165) is 0 Å². The summed E-state index contributed by atoms with van der Waals surface area (Å²) in [6.07, 6.45) is 0. The van der Waals surface area contributed by atoms with Crippen molar-refractivity contribution in [1.29, 1.82) is 0 Å². The Morgan fingerprint density at radius 2 is 2.00 bits per heavy atom. The average Bonchev–Trinajstić information content (AvgIpc) is 0.722. The molecule has 0 fully saturated rings. The van der Waals surface area contributed by atoms with Crippen molar-refractivity contribution in [3.63, 3.8) is 0 Å². The average molecular weight is 222 g/mol. The molecule has 1 nitrogen and oxygen atoms in total. The summed E-state index contributed by atoms with van der Waals surface area (Å²) in [5, 5.41) is 0. The van der Waals surface area contributed by atoms with E-state index in [2.05, 4.69) is 11.8 Å². The van der Waals surface area contributed by atoms with E-state index in [1.54, 1.807) is 6.66 Å². The van der Waals surface area contributed by atoms with Gasteiger partial charge in [0.1, 0.15) is 3.91 Å². The van der Waals surface area contributed by atoms with Gasteiger partial charge >= 0.3 is 0 Å². The maximum absolute atomic E-state index is 8.43. The second-order valence-electron chi connectivity index (χ2n) is 0.778. The van der Waals surface area contributed by atoms with Crippen LogP contribution in [0.5, 0.6) is 0 Å². The Balaban J connectivity index is 3.47. The van der Waals surface area contributed by atoms with E-state index >= 15 is 0 Å². The summed E-state index contributed by atoms with van der Waals surface area (Å²) in [5.74, 6) is 0. The fraction of sp³-hybridized carbons (Fsp3) is 1.00. The molecule has 0 aromatic rings. The lowest BCUT2D eigenvalue weighted by atomic mass is 12.0. The summed E-state index contributed by atoms with van der Waals surface area (Å²) in [6, 6.07) is 0. The molecule has 1 N–H and O–H groups in total. The van der Waals surface area contributed by atoms with Crippen molar-refractivity contribution < 1.29 is 4.89 Å². The van der Waals surface area contributed by atoms with Crippen LogP contribution in [-0.2, 0) is 11.8 Å². The highest BCUT2D eigenvalue weighted by molar-refractivity contribution is 14.2. The van der Waals surface area contributed by atoms with Gasteiger partial charge in [-0.3, -0.25) is 0 Å². The Labute approximate surface area is 49.3 Å². The smallest absolute Gasteiger partial charge is 0.118 e. The van der Waals surface area contributed by atoms with E-state index in [-0.39, 0.29) is 0 Å². The quantitative estimate of drug-likeness (QED) is 0.493. The first kappa shape index (κ1) is 6.34. The normalized spacial score (nSPS) is 21.4. The summed E-state index contributed by atoms with van der Waals surface area (Å²) < 4.78 is -1.84. The van der Waals surface area contributed by atoms with Gasteiger partial charge in [-0.25, -0.2) is 0 Å². The molecule has 0 aromatic carbocycles. The van der Waals surface area contributed by atoms with Gasteiger partial charge in [0.2, 0.25) is 0 Å². The SMILES string of the molecule is CP(O)(=S)I. The van der Waals surface area contributed by atoms with E-state index in [9.17, 15) is 0 Å². The minimum absolute atomic E-state index is 1.66. The molecule has 4 heteroatoms. The van der Waals surface area contributed by atoms with Gasteiger partial charge in [0, 0.05) is 0 Å². The van der Waals surface area contributed by atoms with Crippen LogP contribution in [0.4, 0.5) is 0 Å². The summed E-state index contributed by atoms with van der Waals surface area (Å²) >= 11 is 6.34. The van der Waals surface area contributed by atoms with E-state index in [1.807, 2.05) is 22.0 Å². The first-order chi connectivity index (χ1) is 2.00. The first-order valence-electron chi connectivity index (χ1n) is 0.999. The zero-order valence-corrected chi connectivity index (χ0v) is 6.55. The van der Waals surface area contributed by atoms with Gasteiger partial charge in [0.15, 0.2) is 0 Å². The lowest BCUT2D eigenvalue weighted by molar-refractivity contribution is 0.647. The lowest BCUT2D eigenvalue weighted by Gasteiger charge is -1.88. The molecule has 32 valence electrons. The maximum Gasteiger partial charge on any atom is 0.118 e. The minimum Gasteiger partial charge on any atom is -0.358 e. The Bertz CT molecular complexity index is 57.8. The van der Waals surface area contributed by atoms with Gasteiger partial charge in [-0.05, 0) is 28.7 Å². The van der Waals surface area contributed by atoms with Crippen LogP contribution < -0.4 is 0 Å². The molecule has 0 heterocycles. The number of rotatable bonds is 0. The Kier molecular flexibility index (Phi) is 2.37. The molecule has 0 aliphatic carbocycles. The van der Waals surface area contributed by atoms with Gasteiger partial charge in [-0.2, -0.15) is 0 Å². The molecule has 0 radical (unpaired) electrons. The minimum atomic E-state index is -1.84. The van der Waals surface area contributed by atoms with Crippen molar-refractivity contribution in [2.45, 2.75) is 0 Å². The summed E-state index contributed by atoms with van der Waals surface area (Å²) in [7, 11) is 0. The van der Waals surface area contributed by atoms with Crippen LogP contribution in [-0.4, -0.2) is 11.6 Å². The first-order valence-corrected chi connectivity index (χ1v) is 6.99. The molecule has 1 atom stereocenters. The van der Waals surface area contributed by atoms with Crippen LogP contribution in [0, 0.1) is 0 Å². The highest BCUT2D eigenvalue weighted by Crippen LogP contribution is 2.45.